The average molecular weight is 392 g/mol. The Labute approximate surface area is 162 Å². The van der Waals surface area contributed by atoms with Crippen molar-refractivity contribution in [1.82, 2.24) is 4.90 Å². The number of nitro benzene ring substituents is 1. The quantitative estimate of drug-likeness (QED) is 0.328. The largest absolute Gasteiger partial charge is 0.508 e. The fourth-order valence-corrected chi connectivity index (χ4v) is 4.36. The first-order chi connectivity index (χ1) is 13.1. The zero-order valence-electron chi connectivity index (χ0n) is 16.3. The lowest BCUT2D eigenvalue weighted by Gasteiger charge is -2.65. The van der Waals surface area contributed by atoms with Crippen LogP contribution < -0.4 is 0 Å². The lowest BCUT2D eigenvalue weighted by Crippen LogP contribution is -2.79. The molecular formula is C19H24N2O7. The Kier molecular flexibility index (Phi) is 5.05. The van der Waals surface area contributed by atoms with E-state index in [1.54, 1.807) is 17.9 Å². The fourth-order valence-electron chi connectivity index (χ4n) is 4.36. The van der Waals surface area contributed by atoms with Crippen LogP contribution in [0.3, 0.4) is 0 Å². The zero-order valence-corrected chi connectivity index (χ0v) is 16.3. The number of β-lactam (4-membered cyclic amide) rings is 1. The first kappa shape index (κ1) is 20.1. The van der Waals surface area contributed by atoms with Crippen molar-refractivity contribution in [2.75, 3.05) is 6.61 Å². The van der Waals surface area contributed by atoms with Gasteiger partial charge in [-0.3, -0.25) is 14.9 Å². The first-order valence-corrected chi connectivity index (χ1v) is 9.12. The molecule has 1 unspecified atom stereocenters. The number of fused-ring (bicyclic) bond motifs is 1. The molecule has 2 heterocycles. The number of amides is 1. The van der Waals surface area contributed by atoms with Crippen LogP contribution in [0.4, 0.5) is 10.5 Å². The summed E-state index contributed by atoms with van der Waals surface area (Å²) < 4.78 is 16.0. The van der Waals surface area contributed by atoms with Gasteiger partial charge in [0.15, 0.2) is 0 Å². The van der Waals surface area contributed by atoms with Crippen LogP contribution in [0.15, 0.2) is 24.3 Å². The van der Waals surface area contributed by atoms with Crippen molar-refractivity contribution < 1.29 is 28.7 Å². The van der Waals surface area contributed by atoms with Gasteiger partial charge in [0.25, 0.3) is 5.69 Å². The van der Waals surface area contributed by atoms with Crippen molar-refractivity contribution in [2.24, 2.45) is 5.92 Å². The van der Waals surface area contributed by atoms with Crippen LogP contribution in [-0.2, 0) is 25.6 Å². The Hall–Kier alpha value is -2.68. The summed E-state index contributed by atoms with van der Waals surface area (Å²) in [5.74, 6) is -0.625. The van der Waals surface area contributed by atoms with E-state index in [4.69, 9.17) is 14.2 Å². The number of nitro groups is 1. The Morgan fingerprint density at radius 1 is 1.39 bits per heavy atom. The minimum atomic E-state index is -0.966. The Morgan fingerprint density at radius 2 is 2.07 bits per heavy atom. The van der Waals surface area contributed by atoms with E-state index < -0.39 is 34.4 Å². The fraction of sp³-hybridized carbons (Fsp3) is 0.579. The third kappa shape index (κ3) is 3.30. The van der Waals surface area contributed by atoms with Crippen molar-refractivity contribution in [1.29, 1.82) is 0 Å². The highest BCUT2D eigenvalue weighted by molar-refractivity contribution is 5.89. The van der Waals surface area contributed by atoms with E-state index in [0.717, 1.165) is 0 Å². The van der Waals surface area contributed by atoms with Crippen LogP contribution in [0, 0.1) is 16.0 Å². The smallest absolute Gasteiger partial charge is 0.430 e. The van der Waals surface area contributed by atoms with Gasteiger partial charge < -0.3 is 19.1 Å². The summed E-state index contributed by atoms with van der Waals surface area (Å²) in [6, 6.07) is 6.00. The number of benzene rings is 1. The molecule has 2 fully saturated rings. The minimum Gasteiger partial charge on any atom is -0.430 e. The molecule has 3 rings (SSSR count). The van der Waals surface area contributed by atoms with Crippen molar-refractivity contribution in [3.8, 4) is 0 Å². The summed E-state index contributed by atoms with van der Waals surface area (Å²) in [6.45, 7) is 7.52. The Morgan fingerprint density at radius 3 is 2.75 bits per heavy atom. The van der Waals surface area contributed by atoms with Gasteiger partial charge in [-0.25, -0.2) is 4.79 Å². The second-order valence-corrected chi connectivity index (χ2v) is 7.80. The normalized spacial score (nSPS) is 26.6. The molecule has 0 spiro atoms. The summed E-state index contributed by atoms with van der Waals surface area (Å²) in [5, 5.41) is 11.0. The highest BCUT2D eigenvalue weighted by Gasteiger charge is 2.65. The topological polar surface area (TPSA) is 108 Å². The molecule has 0 bridgehead atoms. The van der Waals surface area contributed by atoms with Gasteiger partial charge in [0.05, 0.1) is 28.6 Å². The van der Waals surface area contributed by atoms with Crippen LogP contribution in [0.25, 0.3) is 0 Å². The molecule has 0 aliphatic carbocycles. The van der Waals surface area contributed by atoms with E-state index in [9.17, 15) is 19.7 Å². The molecule has 0 radical (unpaired) electrons. The van der Waals surface area contributed by atoms with Crippen molar-refractivity contribution in [3.05, 3.63) is 39.9 Å². The summed E-state index contributed by atoms with van der Waals surface area (Å²) in [6.07, 6.45) is -1.01. The average Bonchev–Trinajstić information content (AvgIpc) is 2.58. The van der Waals surface area contributed by atoms with Gasteiger partial charge in [-0.15, -0.1) is 0 Å². The molecule has 3 atom stereocenters. The second kappa shape index (κ2) is 7.05. The van der Waals surface area contributed by atoms with Crippen LogP contribution in [-0.4, -0.2) is 45.9 Å². The van der Waals surface area contributed by atoms with E-state index in [1.807, 2.05) is 20.8 Å². The van der Waals surface area contributed by atoms with E-state index in [-0.39, 0.29) is 23.8 Å². The van der Waals surface area contributed by atoms with Gasteiger partial charge in [-0.1, -0.05) is 12.1 Å². The number of rotatable bonds is 5. The predicted octanol–water partition coefficient (Wildman–Crippen LogP) is 3.01. The first-order valence-electron chi connectivity index (χ1n) is 9.12. The van der Waals surface area contributed by atoms with Gasteiger partial charge in [0.1, 0.15) is 18.4 Å². The maximum absolute atomic E-state index is 12.7. The predicted molar refractivity (Wildman–Crippen MR) is 97.2 cm³/mol. The molecular weight excluding hydrogens is 368 g/mol. The summed E-state index contributed by atoms with van der Waals surface area (Å²) in [5.41, 5.74) is -1.03. The minimum absolute atomic E-state index is 0.133. The molecule has 2 aliphatic rings. The van der Waals surface area contributed by atoms with Gasteiger partial charge in [-0.2, -0.15) is 0 Å². The van der Waals surface area contributed by atoms with E-state index in [1.165, 1.54) is 18.2 Å². The monoisotopic (exact) mass is 392 g/mol. The van der Waals surface area contributed by atoms with Crippen LogP contribution in [0.2, 0.25) is 0 Å². The number of para-hydroxylation sites is 1. The number of hydrogen-bond donors (Lipinski definition) is 0. The van der Waals surface area contributed by atoms with Crippen LogP contribution >= 0.6 is 0 Å². The summed E-state index contributed by atoms with van der Waals surface area (Å²) in [7, 11) is 0. The summed E-state index contributed by atoms with van der Waals surface area (Å²) in [4.78, 5) is 36.9. The molecule has 9 nitrogen and oxygen atoms in total. The molecule has 0 N–H and O–H groups in total. The zero-order chi connectivity index (χ0) is 20.7. The highest BCUT2D eigenvalue weighted by Crippen LogP contribution is 2.50. The summed E-state index contributed by atoms with van der Waals surface area (Å²) >= 11 is 0. The lowest BCUT2D eigenvalue weighted by molar-refractivity contribution is -0.385. The standard InChI is InChI=1S/C19H24N2O7/c1-12(15-16(22)20-18(2,3)27-10-9-19(15,20)4)28-17(23)26-11-13-7-5-6-8-14(13)21(24)25/h5-8,12,15H,9-11H2,1-4H3/t12-,15+,19?/m0/s1. The molecule has 1 aromatic carbocycles. The molecule has 1 aromatic rings. The SMILES string of the molecule is C[C@H](OC(=O)OCc1ccccc1[N+](=O)[O-])[C@@H]1C(=O)N2C(C)(C)OCCC12C. The van der Waals surface area contributed by atoms with Crippen molar-refractivity contribution in [2.45, 2.75) is 58.1 Å². The molecule has 28 heavy (non-hydrogen) atoms. The number of carbonyl (C=O) groups excluding carboxylic acids is 2. The van der Waals surface area contributed by atoms with Crippen LogP contribution in [0.5, 0.6) is 0 Å². The third-order valence-corrected chi connectivity index (χ3v) is 5.55. The van der Waals surface area contributed by atoms with Gasteiger partial charge in [0.2, 0.25) is 5.91 Å². The molecule has 9 heteroatoms. The molecule has 2 saturated heterocycles. The Balaban J connectivity index is 1.61. The number of hydrogen-bond acceptors (Lipinski definition) is 7. The number of carbonyl (C=O) groups is 2. The maximum atomic E-state index is 12.7. The number of ether oxygens (including phenoxy) is 3. The molecule has 1 amide bonds. The van der Waals surface area contributed by atoms with Crippen molar-refractivity contribution >= 4 is 17.7 Å². The van der Waals surface area contributed by atoms with Gasteiger partial charge >= 0.3 is 6.16 Å². The molecule has 0 saturated carbocycles. The van der Waals surface area contributed by atoms with Crippen LogP contribution in [0.1, 0.15) is 39.7 Å². The lowest BCUT2D eigenvalue weighted by atomic mass is 9.67. The number of nitrogens with zero attached hydrogens (tertiary/aromatic N) is 2. The Bertz CT molecular complexity index is 809. The second-order valence-electron chi connectivity index (χ2n) is 7.80. The van der Waals surface area contributed by atoms with E-state index in [2.05, 4.69) is 0 Å². The molecule has 0 aromatic heterocycles. The van der Waals surface area contributed by atoms with Crippen molar-refractivity contribution in [3.63, 3.8) is 0 Å². The van der Waals surface area contributed by atoms with E-state index >= 15 is 0 Å². The highest BCUT2D eigenvalue weighted by atomic mass is 16.7. The van der Waals surface area contributed by atoms with E-state index in [0.29, 0.717) is 13.0 Å². The van der Waals surface area contributed by atoms with Gasteiger partial charge in [-0.05, 0) is 40.2 Å². The van der Waals surface area contributed by atoms with Gasteiger partial charge in [0, 0.05) is 6.07 Å². The third-order valence-electron chi connectivity index (χ3n) is 5.55. The maximum Gasteiger partial charge on any atom is 0.508 e. The molecule has 152 valence electrons. The molecule has 2 aliphatic heterocycles.